The lowest BCUT2D eigenvalue weighted by Crippen LogP contribution is -2.17. The molecular formula is C10H8F6O2. The summed E-state index contributed by atoms with van der Waals surface area (Å²) in [6.07, 6.45) is -10.3. The van der Waals surface area contributed by atoms with Gasteiger partial charge in [0.2, 0.25) is 0 Å². The molecule has 0 aliphatic rings. The third-order valence-electron chi connectivity index (χ3n) is 2.13. The second-order valence-electron chi connectivity index (χ2n) is 3.25. The molecule has 0 saturated heterocycles. The van der Waals surface area contributed by atoms with Crippen LogP contribution in [0.3, 0.4) is 0 Å². The van der Waals surface area contributed by atoms with Crippen LogP contribution in [0.15, 0.2) is 12.1 Å². The van der Waals surface area contributed by atoms with Gasteiger partial charge in [0, 0.05) is 0 Å². The molecule has 1 rings (SSSR count). The molecule has 0 atom stereocenters. The van der Waals surface area contributed by atoms with E-state index in [1.165, 1.54) is 0 Å². The Balaban J connectivity index is 3.57. The summed E-state index contributed by atoms with van der Waals surface area (Å²) in [4.78, 5) is 0. The zero-order valence-corrected chi connectivity index (χ0v) is 9.24. The molecule has 0 amide bonds. The standard InChI is InChI=1S/C10H8F6O2/c1-17-7-3-5(9(11,12)13)6(10(14,15)16)4-8(7)18-2/h3-4H,1-2H3. The fourth-order valence-electron chi connectivity index (χ4n) is 1.35. The molecule has 1 aromatic carbocycles. The summed E-state index contributed by atoms with van der Waals surface area (Å²) in [6, 6.07) is 0.531. The summed E-state index contributed by atoms with van der Waals surface area (Å²) in [5.74, 6) is -0.837. The summed E-state index contributed by atoms with van der Waals surface area (Å²) in [5, 5.41) is 0. The van der Waals surface area contributed by atoms with Crippen molar-refractivity contribution in [3.8, 4) is 11.5 Å². The molecule has 0 aromatic heterocycles. The maximum absolute atomic E-state index is 12.5. The highest BCUT2D eigenvalue weighted by molar-refractivity contribution is 5.49. The first-order chi connectivity index (χ1) is 8.11. The Bertz CT molecular complexity index is 394. The molecule has 0 radical (unpaired) electrons. The molecule has 0 saturated carbocycles. The minimum absolute atomic E-state index is 0.266. The molecule has 0 spiro atoms. The smallest absolute Gasteiger partial charge is 0.417 e. The van der Waals surface area contributed by atoms with Gasteiger partial charge >= 0.3 is 12.4 Å². The lowest BCUT2D eigenvalue weighted by Gasteiger charge is -2.18. The van der Waals surface area contributed by atoms with E-state index in [1.54, 1.807) is 0 Å². The van der Waals surface area contributed by atoms with Crippen LogP contribution >= 0.6 is 0 Å². The van der Waals surface area contributed by atoms with E-state index in [-0.39, 0.29) is 12.1 Å². The molecular weight excluding hydrogens is 266 g/mol. The maximum atomic E-state index is 12.5. The highest BCUT2D eigenvalue weighted by atomic mass is 19.4. The fraction of sp³-hybridized carbons (Fsp3) is 0.400. The molecule has 0 unspecified atom stereocenters. The number of methoxy groups -OCH3 is 2. The van der Waals surface area contributed by atoms with E-state index < -0.39 is 35.0 Å². The van der Waals surface area contributed by atoms with Gasteiger partial charge in [-0.05, 0) is 12.1 Å². The van der Waals surface area contributed by atoms with Crippen molar-refractivity contribution < 1.29 is 35.8 Å². The minimum Gasteiger partial charge on any atom is -0.493 e. The van der Waals surface area contributed by atoms with Crippen LogP contribution in [0, 0.1) is 0 Å². The van der Waals surface area contributed by atoms with Crippen LogP contribution in [-0.2, 0) is 12.4 Å². The third-order valence-corrected chi connectivity index (χ3v) is 2.13. The van der Waals surface area contributed by atoms with Gasteiger partial charge in [-0.3, -0.25) is 0 Å². The Labute approximate surface area is 98.1 Å². The molecule has 8 heteroatoms. The van der Waals surface area contributed by atoms with Gasteiger partial charge in [0.15, 0.2) is 11.5 Å². The summed E-state index contributed by atoms with van der Waals surface area (Å²) >= 11 is 0. The van der Waals surface area contributed by atoms with Gasteiger partial charge in [-0.15, -0.1) is 0 Å². The predicted octanol–water partition coefficient (Wildman–Crippen LogP) is 3.74. The van der Waals surface area contributed by atoms with Crippen LogP contribution in [0.2, 0.25) is 0 Å². The van der Waals surface area contributed by atoms with E-state index in [1.807, 2.05) is 0 Å². The van der Waals surface area contributed by atoms with E-state index in [2.05, 4.69) is 9.47 Å². The minimum atomic E-state index is -5.13. The van der Waals surface area contributed by atoms with Crippen LogP contribution in [0.5, 0.6) is 11.5 Å². The van der Waals surface area contributed by atoms with Crippen LogP contribution in [0.1, 0.15) is 11.1 Å². The highest BCUT2D eigenvalue weighted by Gasteiger charge is 2.44. The fourth-order valence-corrected chi connectivity index (χ4v) is 1.35. The number of ether oxygens (including phenoxy) is 2. The van der Waals surface area contributed by atoms with E-state index >= 15 is 0 Å². The zero-order chi connectivity index (χ0) is 14.1. The molecule has 0 aliphatic carbocycles. The Morgan fingerprint density at radius 3 is 1.17 bits per heavy atom. The van der Waals surface area contributed by atoms with Gasteiger partial charge in [-0.1, -0.05) is 0 Å². The second-order valence-corrected chi connectivity index (χ2v) is 3.25. The first-order valence-corrected chi connectivity index (χ1v) is 4.51. The van der Waals surface area contributed by atoms with E-state index in [4.69, 9.17) is 0 Å². The van der Waals surface area contributed by atoms with E-state index in [0.29, 0.717) is 0 Å². The lowest BCUT2D eigenvalue weighted by atomic mass is 10.1. The molecule has 0 aliphatic heterocycles. The summed E-state index contributed by atoms with van der Waals surface area (Å²) in [6.45, 7) is 0. The van der Waals surface area contributed by atoms with Gasteiger partial charge in [0.05, 0.1) is 25.3 Å². The summed E-state index contributed by atoms with van der Waals surface area (Å²) in [7, 11) is 2.07. The van der Waals surface area contributed by atoms with E-state index in [9.17, 15) is 26.3 Å². The molecule has 1 aromatic rings. The van der Waals surface area contributed by atoms with Crippen molar-refractivity contribution in [1.29, 1.82) is 0 Å². The monoisotopic (exact) mass is 274 g/mol. The van der Waals surface area contributed by atoms with Gasteiger partial charge in [-0.2, -0.15) is 26.3 Å². The maximum Gasteiger partial charge on any atom is 0.417 e. The number of hydrogen-bond acceptors (Lipinski definition) is 2. The predicted molar refractivity (Wildman–Crippen MR) is 49.6 cm³/mol. The van der Waals surface area contributed by atoms with E-state index in [0.717, 1.165) is 14.2 Å². The number of alkyl halides is 6. The molecule has 102 valence electrons. The van der Waals surface area contributed by atoms with Crippen LogP contribution in [0.4, 0.5) is 26.3 Å². The molecule has 0 heterocycles. The van der Waals surface area contributed by atoms with Gasteiger partial charge in [0.25, 0.3) is 0 Å². The Morgan fingerprint density at radius 2 is 1.00 bits per heavy atom. The third kappa shape index (κ3) is 2.80. The quantitative estimate of drug-likeness (QED) is 0.765. The SMILES string of the molecule is COc1cc(C(F)(F)F)c(C(F)(F)F)cc1OC. The van der Waals surface area contributed by atoms with Crippen molar-refractivity contribution in [3.63, 3.8) is 0 Å². The van der Waals surface area contributed by atoms with Gasteiger partial charge < -0.3 is 9.47 Å². The van der Waals surface area contributed by atoms with Gasteiger partial charge in [0.1, 0.15) is 0 Å². The Kier molecular flexibility index (Phi) is 3.68. The summed E-state index contributed by atoms with van der Waals surface area (Å²) < 4.78 is 84.3. The molecule has 0 N–H and O–H groups in total. The van der Waals surface area contributed by atoms with Crippen molar-refractivity contribution >= 4 is 0 Å². The van der Waals surface area contributed by atoms with Crippen molar-refractivity contribution in [2.75, 3.05) is 14.2 Å². The highest BCUT2D eigenvalue weighted by Crippen LogP contribution is 2.45. The number of rotatable bonds is 2. The zero-order valence-electron chi connectivity index (χ0n) is 9.24. The molecule has 2 nitrogen and oxygen atoms in total. The molecule has 0 bridgehead atoms. The first kappa shape index (κ1) is 14.5. The van der Waals surface area contributed by atoms with Crippen molar-refractivity contribution in [1.82, 2.24) is 0 Å². The molecule has 18 heavy (non-hydrogen) atoms. The average Bonchev–Trinajstić information content (AvgIpc) is 2.24. The van der Waals surface area contributed by atoms with Crippen LogP contribution in [-0.4, -0.2) is 14.2 Å². The number of hydrogen-bond donors (Lipinski definition) is 0. The van der Waals surface area contributed by atoms with Crippen molar-refractivity contribution in [2.45, 2.75) is 12.4 Å². The molecule has 0 fully saturated rings. The van der Waals surface area contributed by atoms with Crippen molar-refractivity contribution in [2.24, 2.45) is 0 Å². The number of benzene rings is 1. The van der Waals surface area contributed by atoms with Crippen LogP contribution < -0.4 is 9.47 Å². The topological polar surface area (TPSA) is 18.5 Å². The largest absolute Gasteiger partial charge is 0.493 e. The normalized spacial score (nSPS) is 12.4. The average molecular weight is 274 g/mol. The first-order valence-electron chi connectivity index (χ1n) is 4.51. The van der Waals surface area contributed by atoms with Crippen LogP contribution in [0.25, 0.3) is 0 Å². The number of halogens is 6. The Hall–Kier alpha value is -1.60. The second kappa shape index (κ2) is 4.58. The van der Waals surface area contributed by atoms with Crippen molar-refractivity contribution in [3.05, 3.63) is 23.3 Å². The van der Waals surface area contributed by atoms with Gasteiger partial charge in [-0.25, -0.2) is 0 Å². The Morgan fingerprint density at radius 1 is 0.722 bits per heavy atom. The summed E-state index contributed by atoms with van der Waals surface area (Å²) in [5.41, 5.74) is -3.62. The lowest BCUT2D eigenvalue weighted by molar-refractivity contribution is -0.162.